The first kappa shape index (κ1) is 14.8. The zero-order chi connectivity index (χ0) is 13.7. The molecule has 1 aromatic rings. The van der Waals surface area contributed by atoms with Crippen LogP contribution in [0.4, 0.5) is 5.69 Å². The van der Waals surface area contributed by atoms with Gasteiger partial charge in [-0.25, -0.2) is 0 Å². The molecular weight excluding hydrogens is 226 g/mol. The minimum atomic E-state index is 0.158. The van der Waals surface area contributed by atoms with E-state index in [4.69, 9.17) is 0 Å². The van der Waals surface area contributed by atoms with E-state index in [1.807, 2.05) is 33.2 Å². The monoisotopic (exact) mass is 251 g/mol. The quantitative estimate of drug-likeness (QED) is 0.807. The van der Waals surface area contributed by atoms with E-state index in [2.05, 4.69) is 35.3 Å². The Bertz CT molecular complexity index is 379. The number of benzene rings is 1. The summed E-state index contributed by atoms with van der Waals surface area (Å²) < 4.78 is 0. The van der Waals surface area contributed by atoms with E-state index in [0.717, 1.165) is 24.3 Å². The highest BCUT2D eigenvalue weighted by Gasteiger charge is 2.10. The Morgan fingerprint density at radius 3 is 2.39 bits per heavy atom. The number of phenols is 1. The van der Waals surface area contributed by atoms with Gasteiger partial charge >= 0.3 is 0 Å². The molecule has 1 aromatic carbocycles. The minimum absolute atomic E-state index is 0.158. The predicted octanol–water partition coefficient (Wildman–Crippen LogP) is 1.67. The van der Waals surface area contributed by atoms with Crippen molar-refractivity contribution in [3.8, 4) is 5.75 Å². The van der Waals surface area contributed by atoms with Crippen LogP contribution < -0.4 is 10.2 Å². The summed E-state index contributed by atoms with van der Waals surface area (Å²) in [7, 11) is 8.05. The molecule has 0 radical (unpaired) electrons. The summed E-state index contributed by atoms with van der Waals surface area (Å²) >= 11 is 0. The molecule has 0 aliphatic heterocycles. The Balaban J connectivity index is 2.77. The molecule has 1 atom stereocenters. The summed E-state index contributed by atoms with van der Waals surface area (Å²) in [6.45, 7) is 3.96. The van der Waals surface area contributed by atoms with Crippen LogP contribution in [0.1, 0.15) is 18.5 Å². The lowest BCUT2D eigenvalue weighted by atomic mass is 10.1. The summed E-state index contributed by atoms with van der Waals surface area (Å²) in [5, 5.41) is 13.2. The largest absolute Gasteiger partial charge is 0.508 e. The molecule has 0 bridgehead atoms. The summed E-state index contributed by atoms with van der Waals surface area (Å²) in [6, 6.07) is 6.03. The summed E-state index contributed by atoms with van der Waals surface area (Å²) in [5.41, 5.74) is 1.98. The molecule has 0 saturated heterocycles. The van der Waals surface area contributed by atoms with E-state index >= 15 is 0 Å². The highest BCUT2D eigenvalue weighted by molar-refractivity contribution is 5.53. The van der Waals surface area contributed by atoms with Gasteiger partial charge in [0, 0.05) is 43.5 Å². The molecule has 0 aliphatic carbocycles. The van der Waals surface area contributed by atoms with Gasteiger partial charge in [-0.1, -0.05) is 6.07 Å². The van der Waals surface area contributed by atoms with Crippen molar-refractivity contribution < 1.29 is 5.11 Å². The van der Waals surface area contributed by atoms with Crippen molar-refractivity contribution in [1.29, 1.82) is 0 Å². The molecule has 18 heavy (non-hydrogen) atoms. The normalized spacial score (nSPS) is 12.8. The smallest absolute Gasteiger partial charge is 0.122 e. The average molecular weight is 251 g/mol. The van der Waals surface area contributed by atoms with Crippen LogP contribution >= 0.6 is 0 Å². The molecule has 0 aromatic heterocycles. The number of aromatic hydroxyl groups is 1. The van der Waals surface area contributed by atoms with Crippen LogP contribution in [0.15, 0.2) is 18.2 Å². The first-order chi connectivity index (χ1) is 8.45. The van der Waals surface area contributed by atoms with Crippen molar-refractivity contribution in [2.24, 2.45) is 0 Å². The molecule has 0 heterocycles. The van der Waals surface area contributed by atoms with Crippen LogP contribution in [0, 0.1) is 0 Å². The topological polar surface area (TPSA) is 38.7 Å². The second-order valence-electron chi connectivity index (χ2n) is 4.98. The SMILES string of the molecule is CNC(C)c1ccc(N(C)CCN(C)C)cc1O. The third kappa shape index (κ3) is 3.89. The molecule has 1 unspecified atom stereocenters. The van der Waals surface area contributed by atoms with Crippen molar-refractivity contribution in [1.82, 2.24) is 10.2 Å². The van der Waals surface area contributed by atoms with Crippen molar-refractivity contribution >= 4 is 5.69 Å². The lowest BCUT2D eigenvalue weighted by Gasteiger charge is -2.23. The van der Waals surface area contributed by atoms with Crippen molar-refractivity contribution in [3.63, 3.8) is 0 Å². The number of phenolic OH excluding ortho intramolecular Hbond substituents is 1. The molecule has 0 fully saturated rings. The van der Waals surface area contributed by atoms with Gasteiger partial charge in [0.25, 0.3) is 0 Å². The van der Waals surface area contributed by atoms with Crippen LogP contribution in [-0.4, -0.2) is 51.3 Å². The Hall–Kier alpha value is -1.26. The van der Waals surface area contributed by atoms with Gasteiger partial charge < -0.3 is 20.2 Å². The fraction of sp³-hybridized carbons (Fsp3) is 0.571. The van der Waals surface area contributed by atoms with Crippen LogP contribution in [0.5, 0.6) is 5.75 Å². The van der Waals surface area contributed by atoms with Gasteiger partial charge in [-0.15, -0.1) is 0 Å². The van der Waals surface area contributed by atoms with Crippen LogP contribution in [0.3, 0.4) is 0 Å². The third-order valence-corrected chi connectivity index (χ3v) is 3.24. The van der Waals surface area contributed by atoms with E-state index in [-0.39, 0.29) is 6.04 Å². The summed E-state index contributed by atoms with van der Waals surface area (Å²) in [5.74, 6) is 0.353. The van der Waals surface area contributed by atoms with Crippen molar-refractivity contribution in [3.05, 3.63) is 23.8 Å². The third-order valence-electron chi connectivity index (χ3n) is 3.24. The van der Waals surface area contributed by atoms with Gasteiger partial charge in [0.1, 0.15) is 5.75 Å². The van der Waals surface area contributed by atoms with E-state index in [0.29, 0.717) is 5.75 Å². The Morgan fingerprint density at radius 2 is 1.89 bits per heavy atom. The van der Waals surface area contributed by atoms with Gasteiger partial charge in [-0.2, -0.15) is 0 Å². The second kappa shape index (κ2) is 6.61. The van der Waals surface area contributed by atoms with E-state index in [1.54, 1.807) is 0 Å². The van der Waals surface area contributed by atoms with Gasteiger partial charge in [0.2, 0.25) is 0 Å². The first-order valence-electron chi connectivity index (χ1n) is 6.31. The Labute approximate surface area is 110 Å². The average Bonchev–Trinajstić information content (AvgIpc) is 2.34. The zero-order valence-electron chi connectivity index (χ0n) is 12.1. The molecule has 0 amide bonds. The van der Waals surface area contributed by atoms with Gasteiger partial charge in [0.05, 0.1) is 0 Å². The number of anilines is 1. The fourth-order valence-electron chi connectivity index (χ4n) is 1.77. The van der Waals surface area contributed by atoms with Gasteiger partial charge in [-0.3, -0.25) is 0 Å². The van der Waals surface area contributed by atoms with Crippen LogP contribution in [0.2, 0.25) is 0 Å². The van der Waals surface area contributed by atoms with E-state index in [1.165, 1.54) is 0 Å². The predicted molar refractivity (Wildman–Crippen MR) is 77.4 cm³/mol. The molecule has 102 valence electrons. The highest BCUT2D eigenvalue weighted by Crippen LogP contribution is 2.28. The molecule has 4 nitrogen and oxygen atoms in total. The lowest BCUT2D eigenvalue weighted by molar-refractivity contribution is 0.416. The molecular formula is C14H25N3O. The standard InChI is InChI=1S/C14H25N3O/c1-11(15-2)13-7-6-12(10-14(13)18)17(5)9-8-16(3)4/h6-7,10-11,15,18H,8-9H2,1-5H3. The molecule has 0 saturated carbocycles. The number of nitrogens with zero attached hydrogens (tertiary/aromatic N) is 2. The lowest BCUT2D eigenvalue weighted by Crippen LogP contribution is -2.28. The highest BCUT2D eigenvalue weighted by atomic mass is 16.3. The summed E-state index contributed by atoms with van der Waals surface area (Å²) in [4.78, 5) is 4.29. The number of hydrogen-bond acceptors (Lipinski definition) is 4. The second-order valence-corrected chi connectivity index (χ2v) is 4.98. The minimum Gasteiger partial charge on any atom is -0.508 e. The van der Waals surface area contributed by atoms with E-state index < -0.39 is 0 Å². The van der Waals surface area contributed by atoms with Gasteiger partial charge in [-0.05, 0) is 34.1 Å². The maximum absolute atomic E-state index is 10.0. The number of rotatable bonds is 6. The number of likely N-dealkylation sites (N-methyl/N-ethyl adjacent to an activating group) is 2. The van der Waals surface area contributed by atoms with Crippen LogP contribution in [0.25, 0.3) is 0 Å². The van der Waals surface area contributed by atoms with E-state index in [9.17, 15) is 5.11 Å². The zero-order valence-corrected chi connectivity index (χ0v) is 12.1. The fourth-order valence-corrected chi connectivity index (χ4v) is 1.77. The molecule has 4 heteroatoms. The molecule has 1 rings (SSSR count). The van der Waals surface area contributed by atoms with Gasteiger partial charge in [0.15, 0.2) is 0 Å². The molecule has 0 aliphatic rings. The Morgan fingerprint density at radius 1 is 1.22 bits per heavy atom. The number of nitrogens with one attached hydrogen (secondary N) is 1. The maximum atomic E-state index is 10.0. The summed E-state index contributed by atoms with van der Waals surface area (Å²) in [6.07, 6.45) is 0. The first-order valence-corrected chi connectivity index (χ1v) is 6.31. The Kier molecular flexibility index (Phi) is 5.44. The number of hydrogen-bond donors (Lipinski definition) is 2. The molecule has 2 N–H and O–H groups in total. The van der Waals surface area contributed by atoms with Crippen molar-refractivity contribution in [2.75, 3.05) is 46.2 Å². The van der Waals surface area contributed by atoms with Crippen molar-refractivity contribution in [2.45, 2.75) is 13.0 Å². The van der Waals surface area contributed by atoms with Crippen LogP contribution in [-0.2, 0) is 0 Å². The maximum Gasteiger partial charge on any atom is 0.122 e. The molecule has 0 spiro atoms.